The van der Waals surface area contributed by atoms with Crippen molar-refractivity contribution in [1.29, 1.82) is 0 Å². The first-order valence-corrected chi connectivity index (χ1v) is 18.9. The van der Waals surface area contributed by atoms with E-state index in [9.17, 15) is 70.5 Å². The van der Waals surface area contributed by atoms with Gasteiger partial charge in [0.1, 0.15) is 28.0 Å². The number of urea groups is 2. The van der Waals surface area contributed by atoms with Gasteiger partial charge in [-0.1, -0.05) is 18.2 Å². The molecule has 10 N–H and O–H groups in total. The lowest BCUT2D eigenvalue weighted by atomic mass is 10.2. The summed E-state index contributed by atoms with van der Waals surface area (Å²) < 4.78 is 5.04. The third-order valence-electron chi connectivity index (χ3n) is 7.87. The predicted octanol–water partition coefficient (Wildman–Crippen LogP) is 8.68. The third kappa shape index (κ3) is 14.4. The van der Waals surface area contributed by atoms with Crippen LogP contribution in [-0.2, 0) is 0 Å². The molecular formula is C38H32N10O15S2. The SMILES string of the molecule is COc1ccsc1NC(=O)Nc1cc([N+](=O)[O-])ccc1O.O=C(Nc1ccc([N+](=O)[O-])cc1O)Nc1ccc([N+](=O)[O-])cc1O.O=[N+]([O-])c1ccc(NC(=S)Nc2ccccc2)c(O)c1. The van der Waals surface area contributed by atoms with Crippen molar-refractivity contribution in [2.75, 3.05) is 39.0 Å². The summed E-state index contributed by atoms with van der Waals surface area (Å²) >= 11 is 6.35. The number of anilines is 6. The average Bonchev–Trinajstić information content (AvgIpc) is 3.71. The Hall–Kier alpha value is -9.37. The minimum atomic E-state index is -0.872. The van der Waals surface area contributed by atoms with Gasteiger partial charge in [0.2, 0.25) is 0 Å². The highest BCUT2D eigenvalue weighted by atomic mass is 32.1. The van der Waals surface area contributed by atoms with E-state index >= 15 is 0 Å². The molecule has 0 aliphatic carbocycles. The second kappa shape index (κ2) is 22.5. The van der Waals surface area contributed by atoms with Gasteiger partial charge in [0.05, 0.1) is 67.8 Å². The fourth-order valence-corrected chi connectivity index (χ4v) is 5.82. The molecule has 0 radical (unpaired) electrons. The molecule has 0 aliphatic rings. The number of hydrogen-bond acceptors (Lipinski definition) is 17. The Morgan fingerprint density at radius 3 is 1.38 bits per heavy atom. The number of carbonyl (C=O) groups is 2. The quantitative estimate of drug-likeness (QED) is 0.0251. The van der Waals surface area contributed by atoms with Crippen LogP contribution in [0.15, 0.2) is 115 Å². The summed E-state index contributed by atoms with van der Waals surface area (Å²) in [4.78, 5) is 63.4. The van der Waals surface area contributed by atoms with E-state index in [4.69, 9.17) is 17.0 Å². The largest absolute Gasteiger partial charge is 0.506 e. The molecule has 0 unspecified atom stereocenters. The van der Waals surface area contributed by atoms with E-state index in [1.807, 2.05) is 30.3 Å². The van der Waals surface area contributed by atoms with Gasteiger partial charge < -0.3 is 51.7 Å². The first-order valence-electron chi connectivity index (χ1n) is 17.6. The van der Waals surface area contributed by atoms with E-state index in [2.05, 4.69) is 31.9 Å². The van der Waals surface area contributed by atoms with Crippen LogP contribution in [0.3, 0.4) is 0 Å². The van der Waals surface area contributed by atoms with Crippen molar-refractivity contribution in [3.05, 3.63) is 155 Å². The highest BCUT2D eigenvalue weighted by molar-refractivity contribution is 7.80. The van der Waals surface area contributed by atoms with Gasteiger partial charge in [-0.25, -0.2) is 9.59 Å². The highest BCUT2D eigenvalue weighted by Crippen LogP contribution is 2.33. The third-order valence-corrected chi connectivity index (χ3v) is 8.88. The minimum absolute atomic E-state index is 0.0581. The zero-order chi connectivity index (χ0) is 47.8. The van der Waals surface area contributed by atoms with Gasteiger partial charge in [0, 0.05) is 36.0 Å². The Balaban J connectivity index is 0.000000214. The normalized spacial score (nSPS) is 9.92. The van der Waals surface area contributed by atoms with Crippen LogP contribution in [0.2, 0.25) is 0 Å². The van der Waals surface area contributed by atoms with Gasteiger partial charge >= 0.3 is 12.1 Å². The number of nitrogens with one attached hydrogen (secondary N) is 6. The Labute approximate surface area is 373 Å². The molecule has 1 heterocycles. The summed E-state index contributed by atoms with van der Waals surface area (Å²) in [5.74, 6) is -1.05. The fraction of sp³-hybridized carbons (Fsp3) is 0.0263. The van der Waals surface area contributed by atoms with Crippen LogP contribution in [0.4, 0.5) is 65.8 Å². The molecule has 1 aromatic heterocycles. The predicted molar refractivity (Wildman–Crippen MR) is 241 cm³/mol. The number of nitrogens with zero attached hydrogens (tertiary/aromatic N) is 4. The molecule has 65 heavy (non-hydrogen) atoms. The number of methoxy groups -OCH3 is 1. The maximum Gasteiger partial charge on any atom is 0.324 e. The number of rotatable bonds is 11. The van der Waals surface area contributed by atoms with Crippen LogP contribution in [0.25, 0.3) is 0 Å². The Kier molecular flexibility index (Phi) is 16.7. The van der Waals surface area contributed by atoms with Gasteiger partial charge in [0.25, 0.3) is 22.7 Å². The molecule has 0 aliphatic heterocycles. The zero-order valence-corrected chi connectivity index (χ0v) is 34.5. The van der Waals surface area contributed by atoms with E-state index in [1.54, 1.807) is 11.4 Å². The Morgan fingerprint density at radius 2 is 0.938 bits per heavy atom. The van der Waals surface area contributed by atoms with Crippen LogP contribution in [0, 0.1) is 40.5 Å². The van der Waals surface area contributed by atoms with Crippen molar-refractivity contribution in [1.82, 2.24) is 0 Å². The molecule has 0 saturated heterocycles. The Bertz CT molecular complexity index is 2690. The second-order valence-corrected chi connectivity index (χ2v) is 13.6. The number of para-hydroxylation sites is 1. The molecule has 0 fully saturated rings. The molecule has 0 bridgehead atoms. The molecule has 0 spiro atoms. The summed E-state index contributed by atoms with van der Waals surface area (Å²) in [7, 11) is 1.47. The number of thiophene rings is 1. The van der Waals surface area contributed by atoms with Crippen molar-refractivity contribution in [3.8, 4) is 28.7 Å². The molecule has 6 rings (SSSR count). The summed E-state index contributed by atoms with van der Waals surface area (Å²) in [6.07, 6.45) is 0. The molecular weight excluding hydrogens is 901 g/mol. The maximum atomic E-state index is 11.8. The lowest BCUT2D eigenvalue weighted by Crippen LogP contribution is -2.19. The molecule has 0 atom stereocenters. The summed E-state index contributed by atoms with van der Waals surface area (Å²) in [5, 5.41) is 98.4. The average molecular weight is 933 g/mol. The molecule has 336 valence electrons. The summed E-state index contributed by atoms with van der Waals surface area (Å²) in [6.45, 7) is 0. The van der Waals surface area contributed by atoms with Gasteiger partial charge in [-0.3, -0.25) is 45.8 Å². The number of ether oxygens (including phenoxy) is 1. The Morgan fingerprint density at radius 1 is 0.523 bits per heavy atom. The molecule has 6 aromatic rings. The zero-order valence-electron chi connectivity index (χ0n) is 32.9. The number of non-ortho nitro benzene ring substituents is 4. The van der Waals surface area contributed by atoms with E-state index in [1.165, 1.54) is 30.6 Å². The first-order chi connectivity index (χ1) is 30.8. The van der Waals surface area contributed by atoms with Gasteiger partial charge in [-0.15, -0.1) is 11.3 Å². The number of amides is 4. The van der Waals surface area contributed by atoms with Crippen molar-refractivity contribution in [3.63, 3.8) is 0 Å². The van der Waals surface area contributed by atoms with E-state index in [0.29, 0.717) is 16.4 Å². The van der Waals surface area contributed by atoms with E-state index < -0.39 is 43.3 Å². The van der Waals surface area contributed by atoms with Crippen LogP contribution in [0.5, 0.6) is 28.7 Å². The van der Waals surface area contributed by atoms with Gasteiger partial charge in [-0.2, -0.15) is 0 Å². The standard InChI is InChI=1S/C13H10N4O7.C13H11N3O3S.C12H11N3O5S/c18-11-5-7(16(21)22)1-3-9(11)14-13(20)15-10-4-2-8(17(23)24)6-12(10)19;17-12-8-10(16(18)19)6-7-11(12)15-13(20)14-9-4-2-1-3-5-9;1-20-10-4-5-21-11(10)14-12(17)13-8-6-7(15(18)19)2-3-9(8)16/h1-6,18-19H,(H2,14,15,20);1-8,17H,(H2,14,15,20);2-6,16H,1H3,(H2,13,14,17). The van der Waals surface area contributed by atoms with Gasteiger partial charge in [-0.05, 0) is 60.1 Å². The number of nitro groups is 4. The van der Waals surface area contributed by atoms with Crippen LogP contribution >= 0.6 is 23.6 Å². The molecule has 0 saturated carbocycles. The molecule has 4 amide bonds. The number of hydrogen-bond donors (Lipinski definition) is 10. The van der Waals surface area contributed by atoms with Crippen LogP contribution < -0.4 is 36.6 Å². The summed E-state index contributed by atoms with van der Waals surface area (Å²) in [5.41, 5.74) is -0.295. The minimum Gasteiger partial charge on any atom is -0.506 e. The summed E-state index contributed by atoms with van der Waals surface area (Å²) in [6, 6.07) is 22.7. The molecule has 27 heteroatoms. The number of aromatic hydroxyl groups is 4. The number of phenolic OH excluding ortho intramolecular Hbond substituents is 4. The maximum absolute atomic E-state index is 11.8. The fourth-order valence-electron chi connectivity index (χ4n) is 4.84. The van der Waals surface area contributed by atoms with E-state index in [0.717, 1.165) is 66.4 Å². The molecule has 5 aromatic carbocycles. The lowest BCUT2D eigenvalue weighted by Gasteiger charge is -2.11. The second-order valence-electron chi connectivity index (χ2n) is 12.3. The topological polar surface area (TPSA) is 369 Å². The lowest BCUT2D eigenvalue weighted by molar-refractivity contribution is -0.385. The van der Waals surface area contributed by atoms with Gasteiger partial charge in [0.15, 0.2) is 10.9 Å². The highest BCUT2D eigenvalue weighted by Gasteiger charge is 2.17. The first kappa shape index (κ1) is 48.3. The number of phenols is 4. The number of benzene rings is 5. The van der Waals surface area contributed by atoms with Crippen molar-refractivity contribution < 1.29 is 54.4 Å². The van der Waals surface area contributed by atoms with E-state index in [-0.39, 0.29) is 56.4 Å². The number of carbonyl (C=O) groups excluding carboxylic acids is 2. The van der Waals surface area contributed by atoms with Crippen LogP contribution in [-0.4, -0.2) is 64.4 Å². The smallest absolute Gasteiger partial charge is 0.324 e. The van der Waals surface area contributed by atoms with Crippen molar-refractivity contribution in [2.24, 2.45) is 0 Å². The van der Waals surface area contributed by atoms with Crippen molar-refractivity contribution >= 4 is 96.9 Å². The molecule has 25 nitrogen and oxygen atoms in total. The monoisotopic (exact) mass is 932 g/mol. The van der Waals surface area contributed by atoms with Crippen LogP contribution in [0.1, 0.15) is 0 Å². The number of thiocarbonyl (C=S) groups is 1. The number of nitro benzene ring substituents is 4. The van der Waals surface area contributed by atoms with Crippen molar-refractivity contribution in [2.45, 2.75) is 0 Å².